The first kappa shape index (κ1) is 16.9. The van der Waals surface area contributed by atoms with Crippen LogP contribution in [0.4, 0.5) is 11.7 Å². The first-order chi connectivity index (χ1) is 10.0. The quantitative estimate of drug-likeness (QED) is 0.595. The molecule has 0 saturated heterocycles. The highest BCUT2D eigenvalue weighted by molar-refractivity contribution is 9.11. The van der Waals surface area contributed by atoms with Crippen molar-refractivity contribution in [2.75, 3.05) is 11.9 Å². The second-order valence-electron chi connectivity index (χ2n) is 4.49. The zero-order chi connectivity index (χ0) is 15.4. The van der Waals surface area contributed by atoms with E-state index in [1.807, 2.05) is 19.1 Å². The lowest BCUT2D eigenvalue weighted by Crippen LogP contribution is -2.19. The molecule has 0 saturated carbocycles. The van der Waals surface area contributed by atoms with Crippen molar-refractivity contribution in [3.05, 3.63) is 31.4 Å². The molecule has 2 rings (SSSR count). The van der Waals surface area contributed by atoms with Crippen molar-refractivity contribution in [1.29, 1.82) is 0 Å². The van der Waals surface area contributed by atoms with E-state index in [-0.39, 0.29) is 6.04 Å². The minimum Gasteiger partial charge on any atom is -0.406 e. The van der Waals surface area contributed by atoms with Gasteiger partial charge < -0.3 is 15.1 Å². The lowest BCUT2D eigenvalue weighted by atomic mass is 10.3. The summed E-state index contributed by atoms with van der Waals surface area (Å²) in [6, 6.07) is 4.27. The molecule has 0 fully saturated rings. The van der Waals surface area contributed by atoms with E-state index in [4.69, 9.17) is 4.42 Å². The molecule has 8 heteroatoms. The van der Waals surface area contributed by atoms with Crippen LogP contribution in [0.15, 0.2) is 30.0 Å². The lowest BCUT2D eigenvalue weighted by Gasteiger charge is -2.09. The predicted molar refractivity (Wildman–Crippen MR) is 93.8 cm³/mol. The molecule has 21 heavy (non-hydrogen) atoms. The first-order valence-electron chi connectivity index (χ1n) is 6.49. The molecule has 1 aromatic heterocycles. The van der Waals surface area contributed by atoms with Crippen LogP contribution in [-0.2, 0) is 0 Å². The summed E-state index contributed by atoms with van der Waals surface area (Å²) in [4.78, 5) is 0. The first-order valence-corrected chi connectivity index (χ1v) is 8.87. The average molecular weight is 483 g/mol. The van der Waals surface area contributed by atoms with E-state index in [1.165, 1.54) is 0 Å². The molecule has 1 atom stereocenters. The van der Waals surface area contributed by atoms with E-state index in [2.05, 4.69) is 75.5 Å². The third kappa shape index (κ3) is 4.51. The Balaban J connectivity index is 2.13. The SMILES string of the molecule is CCCNC(C)c1nnc(Nc2c(Br)cc(Br)cc2Br)o1. The van der Waals surface area contributed by atoms with Gasteiger partial charge in [-0.05, 0) is 63.9 Å². The number of rotatable bonds is 6. The van der Waals surface area contributed by atoms with Crippen LogP contribution >= 0.6 is 47.8 Å². The van der Waals surface area contributed by atoms with Crippen molar-refractivity contribution in [1.82, 2.24) is 15.5 Å². The van der Waals surface area contributed by atoms with E-state index in [0.717, 1.165) is 32.1 Å². The van der Waals surface area contributed by atoms with E-state index >= 15 is 0 Å². The molecule has 0 aliphatic carbocycles. The predicted octanol–water partition coefficient (Wildman–Crippen LogP) is 5.16. The Labute approximate surface area is 148 Å². The van der Waals surface area contributed by atoms with Crippen molar-refractivity contribution in [2.24, 2.45) is 0 Å². The van der Waals surface area contributed by atoms with Crippen LogP contribution in [0.2, 0.25) is 0 Å². The molecule has 2 N–H and O–H groups in total. The smallest absolute Gasteiger partial charge is 0.320 e. The topological polar surface area (TPSA) is 63.0 Å². The van der Waals surface area contributed by atoms with Crippen molar-refractivity contribution >= 4 is 59.5 Å². The standard InChI is InChI=1S/C13H15Br3N4O/c1-3-4-17-7(2)12-19-20-13(21-12)18-11-9(15)5-8(14)6-10(11)16/h5-7,17H,3-4H2,1-2H3,(H,18,20). The highest BCUT2D eigenvalue weighted by Crippen LogP contribution is 2.36. The second-order valence-corrected chi connectivity index (χ2v) is 7.12. The van der Waals surface area contributed by atoms with Crippen molar-refractivity contribution in [2.45, 2.75) is 26.3 Å². The molecule has 0 bridgehead atoms. The van der Waals surface area contributed by atoms with Gasteiger partial charge in [0.2, 0.25) is 5.89 Å². The molecule has 2 aromatic rings. The normalized spacial score (nSPS) is 12.4. The maximum Gasteiger partial charge on any atom is 0.320 e. The molecule has 0 radical (unpaired) electrons. The zero-order valence-corrected chi connectivity index (χ0v) is 16.3. The molecule has 0 spiro atoms. The fourth-order valence-corrected chi connectivity index (χ4v) is 4.13. The summed E-state index contributed by atoms with van der Waals surface area (Å²) in [5.74, 6) is 0.565. The monoisotopic (exact) mass is 480 g/mol. The molecular formula is C13H15Br3N4O. The van der Waals surface area contributed by atoms with Gasteiger partial charge in [0.05, 0.1) is 11.7 Å². The zero-order valence-electron chi connectivity index (χ0n) is 11.6. The van der Waals surface area contributed by atoms with Gasteiger partial charge in [-0.2, -0.15) is 0 Å². The molecule has 0 aliphatic heterocycles. The largest absolute Gasteiger partial charge is 0.406 e. The van der Waals surface area contributed by atoms with E-state index in [0.29, 0.717) is 11.9 Å². The summed E-state index contributed by atoms with van der Waals surface area (Å²) in [5, 5.41) is 14.5. The molecule has 1 aromatic carbocycles. The summed E-state index contributed by atoms with van der Waals surface area (Å²) in [6.07, 6.45) is 1.06. The Kier molecular flexibility index (Phi) is 6.21. The van der Waals surface area contributed by atoms with Gasteiger partial charge in [0, 0.05) is 13.4 Å². The van der Waals surface area contributed by atoms with Crippen LogP contribution in [0.1, 0.15) is 32.2 Å². The molecule has 0 aliphatic rings. The minimum absolute atomic E-state index is 0.0322. The van der Waals surface area contributed by atoms with E-state index < -0.39 is 0 Å². The van der Waals surface area contributed by atoms with Crippen molar-refractivity contribution < 1.29 is 4.42 Å². The second kappa shape index (κ2) is 7.71. The van der Waals surface area contributed by atoms with Crippen LogP contribution in [0, 0.1) is 0 Å². The van der Waals surface area contributed by atoms with Crippen LogP contribution in [-0.4, -0.2) is 16.7 Å². The molecular weight excluding hydrogens is 468 g/mol. The van der Waals surface area contributed by atoms with Crippen LogP contribution in [0.3, 0.4) is 0 Å². The minimum atomic E-state index is 0.0322. The Bertz CT molecular complexity index is 594. The van der Waals surface area contributed by atoms with Crippen LogP contribution in [0.5, 0.6) is 0 Å². The third-order valence-corrected chi connectivity index (χ3v) is 4.46. The number of hydrogen-bond donors (Lipinski definition) is 2. The van der Waals surface area contributed by atoms with E-state index in [1.54, 1.807) is 0 Å². The summed E-state index contributed by atoms with van der Waals surface area (Å²) in [7, 11) is 0. The van der Waals surface area contributed by atoms with Gasteiger partial charge >= 0.3 is 6.01 Å². The van der Waals surface area contributed by atoms with Gasteiger partial charge in [-0.1, -0.05) is 28.0 Å². The van der Waals surface area contributed by atoms with Gasteiger partial charge in [0.15, 0.2) is 0 Å². The lowest BCUT2D eigenvalue weighted by molar-refractivity contribution is 0.424. The van der Waals surface area contributed by atoms with Crippen LogP contribution < -0.4 is 10.6 Å². The third-order valence-electron chi connectivity index (χ3n) is 2.75. The van der Waals surface area contributed by atoms with Crippen molar-refractivity contribution in [3.8, 4) is 0 Å². The number of nitrogens with one attached hydrogen (secondary N) is 2. The summed E-state index contributed by atoms with van der Waals surface area (Å²) >= 11 is 10.4. The number of halogens is 3. The molecule has 114 valence electrons. The van der Waals surface area contributed by atoms with Crippen LogP contribution in [0.25, 0.3) is 0 Å². The number of nitrogens with zero attached hydrogens (tertiary/aromatic N) is 2. The van der Waals surface area contributed by atoms with Gasteiger partial charge in [-0.25, -0.2) is 0 Å². The molecule has 5 nitrogen and oxygen atoms in total. The number of aromatic nitrogens is 2. The Morgan fingerprint density at radius 2 is 1.86 bits per heavy atom. The Morgan fingerprint density at radius 1 is 1.19 bits per heavy atom. The summed E-state index contributed by atoms with van der Waals surface area (Å²) in [6.45, 7) is 5.03. The fraction of sp³-hybridized carbons (Fsp3) is 0.385. The molecule has 1 heterocycles. The average Bonchev–Trinajstić information content (AvgIpc) is 2.89. The molecule has 0 amide bonds. The maximum absolute atomic E-state index is 5.64. The van der Waals surface area contributed by atoms with E-state index in [9.17, 15) is 0 Å². The highest BCUT2D eigenvalue weighted by Gasteiger charge is 2.15. The van der Waals surface area contributed by atoms with Gasteiger partial charge in [-0.15, -0.1) is 5.10 Å². The number of benzene rings is 1. The number of anilines is 2. The molecule has 1 unspecified atom stereocenters. The Morgan fingerprint density at radius 3 is 2.48 bits per heavy atom. The van der Waals surface area contributed by atoms with Gasteiger partial charge in [-0.3, -0.25) is 0 Å². The van der Waals surface area contributed by atoms with Gasteiger partial charge in [0.25, 0.3) is 0 Å². The summed E-state index contributed by atoms with van der Waals surface area (Å²) < 4.78 is 8.38. The summed E-state index contributed by atoms with van der Waals surface area (Å²) in [5.41, 5.74) is 0.836. The maximum atomic E-state index is 5.64. The fourth-order valence-electron chi connectivity index (χ4n) is 1.68. The number of hydrogen-bond acceptors (Lipinski definition) is 5. The van der Waals surface area contributed by atoms with Crippen molar-refractivity contribution in [3.63, 3.8) is 0 Å². The highest BCUT2D eigenvalue weighted by atomic mass is 79.9. The van der Waals surface area contributed by atoms with Gasteiger partial charge in [0.1, 0.15) is 0 Å². The Hall–Kier alpha value is -0.440.